The number of hydrogen-bond acceptors (Lipinski definition) is 2. The summed E-state index contributed by atoms with van der Waals surface area (Å²) in [5.41, 5.74) is 0.653. The molecule has 0 atom stereocenters. The Kier molecular flexibility index (Phi) is 4.33. The lowest BCUT2D eigenvalue weighted by Crippen LogP contribution is -2.35. The molecule has 0 unspecified atom stereocenters. The predicted molar refractivity (Wildman–Crippen MR) is 77.0 cm³/mol. The van der Waals surface area contributed by atoms with Gasteiger partial charge in [-0.3, -0.25) is 0 Å². The molecule has 0 bridgehead atoms. The largest absolute Gasteiger partial charge is 0.496 e. The van der Waals surface area contributed by atoms with E-state index in [1.54, 1.807) is 7.11 Å². The van der Waals surface area contributed by atoms with Crippen molar-refractivity contribution in [2.45, 2.75) is 44.6 Å². The van der Waals surface area contributed by atoms with Crippen LogP contribution in [0.3, 0.4) is 0 Å². The number of rotatable bonds is 3. The van der Waals surface area contributed by atoms with Crippen LogP contribution in [-0.4, -0.2) is 17.8 Å². The van der Waals surface area contributed by atoms with Gasteiger partial charge in [0.15, 0.2) is 0 Å². The number of ether oxygens (including phenoxy) is 1. The summed E-state index contributed by atoms with van der Waals surface area (Å²) in [5, 5.41) is 10.6. The van der Waals surface area contributed by atoms with Crippen LogP contribution in [0.25, 0.3) is 0 Å². The van der Waals surface area contributed by atoms with Crippen molar-refractivity contribution in [3.8, 4) is 5.75 Å². The Morgan fingerprint density at radius 1 is 1.39 bits per heavy atom. The van der Waals surface area contributed by atoms with Crippen molar-refractivity contribution in [3.63, 3.8) is 0 Å². The van der Waals surface area contributed by atoms with E-state index in [-0.39, 0.29) is 0 Å². The van der Waals surface area contributed by atoms with Gasteiger partial charge in [-0.05, 0) is 65.2 Å². The maximum absolute atomic E-state index is 10.6. The summed E-state index contributed by atoms with van der Waals surface area (Å²) in [6, 6.07) is 6.04. The highest BCUT2D eigenvalue weighted by Crippen LogP contribution is 2.35. The van der Waals surface area contributed by atoms with Crippen molar-refractivity contribution in [1.82, 2.24) is 0 Å². The standard InChI is InChI=1S/C15H21BrO2/c1-11-5-7-15(17,8-6-11)10-12-3-4-14(18-2)13(16)9-12/h3-4,9,11,17H,5-8,10H2,1-2H3. The Morgan fingerprint density at radius 3 is 2.61 bits per heavy atom. The van der Waals surface area contributed by atoms with Gasteiger partial charge in [0, 0.05) is 6.42 Å². The molecule has 0 saturated heterocycles. The zero-order valence-corrected chi connectivity index (χ0v) is 12.7. The normalized spacial score (nSPS) is 28.1. The van der Waals surface area contributed by atoms with Gasteiger partial charge in [-0.25, -0.2) is 0 Å². The van der Waals surface area contributed by atoms with Gasteiger partial charge in [0.25, 0.3) is 0 Å². The highest BCUT2D eigenvalue weighted by molar-refractivity contribution is 9.10. The minimum absolute atomic E-state index is 0.513. The Bertz CT molecular complexity index is 409. The maximum atomic E-state index is 10.6. The van der Waals surface area contributed by atoms with Crippen LogP contribution >= 0.6 is 15.9 Å². The van der Waals surface area contributed by atoms with Gasteiger partial charge in [-0.1, -0.05) is 13.0 Å². The number of hydrogen-bond donors (Lipinski definition) is 1. The molecule has 2 rings (SSSR count). The van der Waals surface area contributed by atoms with Crippen LogP contribution in [0.15, 0.2) is 22.7 Å². The zero-order chi connectivity index (χ0) is 13.2. The molecule has 0 heterocycles. The lowest BCUT2D eigenvalue weighted by atomic mass is 9.76. The lowest BCUT2D eigenvalue weighted by molar-refractivity contribution is -0.00669. The van der Waals surface area contributed by atoms with Crippen LogP contribution in [0.1, 0.15) is 38.2 Å². The molecule has 1 saturated carbocycles. The summed E-state index contributed by atoms with van der Waals surface area (Å²) in [6.07, 6.45) is 4.83. The summed E-state index contributed by atoms with van der Waals surface area (Å²) in [4.78, 5) is 0. The first-order valence-corrected chi connectivity index (χ1v) is 7.36. The average molecular weight is 313 g/mol. The molecular weight excluding hydrogens is 292 g/mol. The van der Waals surface area contributed by atoms with Gasteiger partial charge in [-0.2, -0.15) is 0 Å². The van der Waals surface area contributed by atoms with E-state index in [1.165, 1.54) is 5.56 Å². The molecule has 3 heteroatoms. The highest BCUT2D eigenvalue weighted by Gasteiger charge is 2.31. The van der Waals surface area contributed by atoms with E-state index < -0.39 is 5.60 Å². The van der Waals surface area contributed by atoms with Crippen molar-refractivity contribution in [3.05, 3.63) is 28.2 Å². The molecule has 1 fully saturated rings. The fraction of sp³-hybridized carbons (Fsp3) is 0.600. The molecule has 0 amide bonds. The quantitative estimate of drug-likeness (QED) is 0.916. The SMILES string of the molecule is COc1ccc(CC2(O)CCC(C)CC2)cc1Br. The molecule has 2 nitrogen and oxygen atoms in total. The summed E-state index contributed by atoms with van der Waals surface area (Å²) < 4.78 is 6.17. The molecule has 100 valence electrons. The van der Waals surface area contributed by atoms with Crippen LogP contribution in [0.2, 0.25) is 0 Å². The molecule has 0 spiro atoms. The number of aliphatic hydroxyl groups is 1. The second-order valence-corrected chi connectivity index (χ2v) is 6.41. The van der Waals surface area contributed by atoms with Crippen molar-refractivity contribution >= 4 is 15.9 Å². The van der Waals surface area contributed by atoms with Gasteiger partial charge in [0.2, 0.25) is 0 Å². The molecule has 0 aliphatic heterocycles. The minimum atomic E-state index is -0.513. The van der Waals surface area contributed by atoms with Gasteiger partial charge in [0.05, 0.1) is 17.2 Å². The molecule has 0 radical (unpaired) electrons. The van der Waals surface area contributed by atoms with Crippen LogP contribution < -0.4 is 4.74 Å². The van der Waals surface area contributed by atoms with E-state index in [1.807, 2.05) is 12.1 Å². The van der Waals surface area contributed by atoms with E-state index in [0.29, 0.717) is 0 Å². The Labute approximate surface area is 117 Å². The lowest BCUT2D eigenvalue weighted by Gasteiger charge is -2.35. The summed E-state index contributed by atoms with van der Waals surface area (Å²) in [7, 11) is 1.66. The topological polar surface area (TPSA) is 29.5 Å². The molecule has 1 aromatic rings. The van der Waals surface area contributed by atoms with Crippen molar-refractivity contribution in [2.75, 3.05) is 7.11 Å². The third-order valence-electron chi connectivity index (χ3n) is 3.95. The van der Waals surface area contributed by atoms with E-state index in [0.717, 1.165) is 48.2 Å². The summed E-state index contributed by atoms with van der Waals surface area (Å²) in [6.45, 7) is 2.27. The number of halogens is 1. The molecule has 1 aliphatic carbocycles. The fourth-order valence-corrected chi connectivity index (χ4v) is 3.26. The molecule has 1 aliphatic rings. The second-order valence-electron chi connectivity index (χ2n) is 5.55. The van der Waals surface area contributed by atoms with Crippen LogP contribution in [0, 0.1) is 5.92 Å². The first-order valence-electron chi connectivity index (χ1n) is 6.57. The van der Waals surface area contributed by atoms with Crippen molar-refractivity contribution in [1.29, 1.82) is 0 Å². The van der Waals surface area contributed by atoms with Crippen molar-refractivity contribution in [2.24, 2.45) is 5.92 Å². The monoisotopic (exact) mass is 312 g/mol. The van der Waals surface area contributed by atoms with Crippen LogP contribution in [0.4, 0.5) is 0 Å². The van der Waals surface area contributed by atoms with E-state index in [9.17, 15) is 5.11 Å². The zero-order valence-electron chi connectivity index (χ0n) is 11.1. The van der Waals surface area contributed by atoms with Gasteiger partial charge in [0.1, 0.15) is 5.75 Å². The van der Waals surface area contributed by atoms with E-state index in [4.69, 9.17) is 4.74 Å². The third kappa shape index (κ3) is 3.27. The van der Waals surface area contributed by atoms with Crippen LogP contribution in [-0.2, 0) is 6.42 Å². The number of methoxy groups -OCH3 is 1. The molecule has 0 aromatic heterocycles. The maximum Gasteiger partial charge on any atom is 0.133 e. The number of benzene rings is 1. The highest BCUT2D eigenvalue weighted by atomic mass is 79.9. The summed E-state index contributed by atoms with van der Waals surface area (Å²) >= 11 is 3.49. The Balaban J connectivity index is 2.07. The molecular formula is C15H21BrO2. The first-order chi connectivity index (χ1) is 8.52. The molecule has 1 N–H and O–H groups in total. The Hall–Kier alpha value is -0.540. The first kappa shape index (κ1) is 13.9. The average Bonchev–Trinajstić information content (AvgIpc) is 2.34. The third-order valence-corrected chi connectivity index (χ3v) is 4.57. The second kappa shape index (κ2) is 5.62. The van der Waals surface area contributed by atoms with Gasteiger partial charge in [-0.15, -0.1) is 0 Å². The summed E-state index contributed by atoms with van der Waals surface area (Å²) in [5.74, 6) is 1.59. The Morgan fingerprint density at radius 2 is 2.06 bits per heavy atom. The van der Waals surface area contributed by atoms with Crippen molar-refractivity contribution < 1.29 is 9.84 Å². The van der Waals surface area contributed by atoms with E-state index >= 15 is 0 Å². The van der Waals surface area contributed by atoms with Crippen LogP contribution in [0.5, 0.6) is 5.75 Å². The van der Waals surface area contributed by atoms with E-state index in [2.05, 4.69) is 28.9 Å². The molecule has 18 heavy (non-hydrogen) atoms. The molecule has 1 aromatic carbocycles. The van der Waals surface area contributed by atoms with Gasteiger partial charge >= 0.3 is 0 Å². The minimum Gasteiger partial charge on any atom is -0.496 e. The predicted octanol–water partition coefficient (Wildman–Crippen LogP) is 3.94. The van der Waals surface area contributed by atoms with Gasteiger partial charge < -0.3 is 9.84 Å². The fourth-order valence-electron chi connectivity index (χ4n) is 2.68. The smallest absolute Gasteiger partial charge is 0.133 e.